The van der Waals surface area contributed by atoms with Gasteiger partial charge in [-0.05, 0) is 36.8 Å². The molecular weight excluding hydrogens is 361 g/mol. The molecule has 0 saturated carbocycles. The van der Waals surface area contributed by atoms with Crippen molar-refractivity contribution in [3.63, 3.8) is 0 Å². The molecule has 0 aliphatic carbocycles. The van der Waals surface area contributed by atoms with Gasteiger partial charge in [-0.25, -0.2) is 4.39 Å². The third kappa shape index (κ3) is 3.03. The molecule has 28 heavy (non-hydrogen) atoms. The van der Waals surface area contributed by atoms with Gasteiger partial charge in [0.1, 0.15) is 17.3 Å². The van der Waals surface area contributed by atoms with E-state index in [2.05, 4.69) is 10.2 Å². The maximum absolute atomic E-state index is 14.7. The summed E-state index contributed by atoms with van der Waals surface area (Å²) < 4.78 is 19.8. The number of H-pyrrole nitrogens is 1. The number of hydrogen-bond donors (Lipinski definition) is 2. The molecule has 1 aromatic heterocycles. The Hall–Kier alpha value is -3.19. The van der Waals surface area contributed by atoms with E-state index in [4.69, 9.17) is 4.74 Å². The fraction of sp³-hybridized carbons (Fsp3) is 0.238. The Kier molecular flexibility index (Phi) is 4.83. The smallest absolute Gasteiger partial charge is 0.273 e. The molecule has 1 aliphatic heterocycles. The van der Waals surface area contributed by atoms with Gasteiger partial charge in [-0.15, -0.1) is 0 Å². The molecule has 144 valence electrons. The SMILES string of the molecule is COCCCN1C(=O)c2[nH]nc(-c3ccc(O)cc3)c2C1c1ccccc1F. The normalized spacial score (nSPS) is 15.9. The first-order valence-electron chi connectivity index (χ1n) is 9.03. The monoisotopic (exact) mass is 381 g/mol. The maximum atomic E-state index is 14.7. The zero-order chi connectivity index (χ0) is 19.7. The Morgan fingerprint density at radius 3 is 2.68 bits per heavy atom. The quantitative estimate of drug-likeness (QED) is 0.641. The number of fused-ring (bicyclic) bond motifs is 1. The highest BCUT2D eigenvalue weighted by atomic mass is 19.1. The first-order valence-corrected chi connectivity index (χ1v) is 9.03. The molecule has 0 fully saturated rings. The molecule has 2 heterocycles. The summed E-state index contributed by atoms with van der Waals surface area (Å²) in [7, 11) is 1.61. The number of carbonyl (C=O) groups is 1. The lowest BCUT2D eigenvalue weighted by Crippen LogP contribution is -2.31. The predicted molar refractivity (Wildman–Crippen MR) is 101 cm³/mol. The van der Waals surface area contributed by atoms with Crippen LogP contribution in [0.1, 0.15) is 34.1 Å². The highest BCUT2D eigenvalue weighted by Gasteiger charge is 2.42. The van der Waals surface area contributed by atoms with Gasteiger partial charge < -0.3 is 14.7 Å². The van der Waals surface area contributed by atoms with Gasteiger partial charge in [0.25, 0.3) is 5.91 Å². The molecule has 0 radical (unpaired) electrons. The van der Waals surface area contributed by atoms with E-state index in [1.807, 2.05) is 0 Å². The van der Waals surface area contributed by atoms with Crippen LogP contribution >= 0.6 is 0 Å². The van der Waals surface area contributed by atoms with E-state index in [1.54, 1.807) is 54.5 Å². The Balaban J connectivity index is 1.83. The van der Waals surface area contributed by atoms with E-state index in [-0.39, 0.29) is 17.5 Å². The summed E-state index contributed by atoms with van der Waals surface area (Å²) in [4.78, 5) is 14.7. The molecule has 4 rings (SSSR count). The number of aromatic nitrogens is 2. The van der Waals surface area contributed by atoms with Crippen LogP contribution in [0.3, 0.4) is 0 Å². The van der Waals surface area contributed by atoms with E-state index >= 15 is 0 Å². The van der Waals surface area contributed by atoms with Crippen LogP contribution in [0, 0.1) is 5.82 Å². The van der Waals surface area contributed by atoms with Gasteiger partial charge in [-0.3, -0.25) is 9.89 Å². The van der Waals surface area contributed by atoms with Gasteiger partial charge in [0.15, 0.2) is 0 Å². The number of aromatic hydroxyl groups is 1. The lowest BCUT2D eigenvalue weighted by Gasteiger charge is -2.26. The second kappa shape index (κ2) is 7.44. The largest absolute Gasteiger partial charge is 0.508 e. The molecule has 1 amide bonds. The van der Waals surface area contributed by atoms with Gasteiger partial charge in [0.05, 0.1) is 11.7 Å². The van der Waals surface area contributed by atoms with Crippen LogP contribution in [0.2, 0.25) is 0 Å². The van der Waals surface area contributed by atoms with E-state index in [1.165, 1.54) is 6.07 Å². The summed E-state index contributed by atoms with van der Waals surface area (Å²) in [5, 5.41) is 16.7. The van der Waals surface area contributed by atoms with Crippen molar-refractivity contribution in [2.24, 2.45) is 0 Å². The Morgan fingerprint density at radius 2 is 1.96 bits per heavy atom. The molecule has 1 atom stereocenters. The van der Waals surface area contributed by atoms with Gasteiger partial charge in [-0.2, -0.15) is 5.10 Å². The number of ether oxygens (including phenoxy) is 1. The van der Waals surface area contributed by atoms with Crippen molar-refractivity contribution in [3.8, 4) is 17.0 Å². The molecule has 1 unspecified atom stereocenters. The molecule has 0 spiro atoms. The van der Waals surface area contributed by atoms with E-state index < -0.39 is 6.04 Å². The standard InChI is InChI=1S/C21H20FN3O3/c1-28-12-4-11-25-20(15-5-2-3-6-16(15)22)17-18(23-24-19(17)21(25)27)13-7-9-14(26)10-8-13/h2-3,5-10,20,26H,4,11-12H2,1H3,(H,23,24). The minimum atomic E-state index is -0.580. The van der Waals surface area contributed by atoms with Crippen LogP contribution in [0.5, 0.6) is 5.75 Å². The summed E-state index contributed by atoms with van der Waals surface area (Å²) in [6, 6.07) is 12.5. The Bertz CT molecular complexity index is 1000. The molecule has 0 bridgehead atoms. The fourth-order valence-corrected chi connectivity index (χ4v) is 3.67. The van der Waals surface area contributed by atoms with E-state index in [0.717, 1.165) is 5.56 Å². The van der Waals surface area contributed by atoms with Crippen molar-refractivity contribution in [2.45, 2.75) is 12.5 Å². The van der Waals surface area contributed by atoms with E-state index in [0.29, 0.717) is 42.1 Å². The van der Waals surface area contributed by atoms with Crippen LogP contribution in [-0.2, 0) is 4.74 Å². The van der Waals surface area contributed by atoms with Crippen LogP contribution in [0.25, 0.3) is 11.3 Å². The zero-order valence-electron chi connectivity index (χ0n) is 15.4. The number of nitrogens with one attached hydrogen (secondary N) is 1. The summed E-state index contributed by atoms with van der Waals surface area (Å²) >= 11 is 0. The van der Waals surface area contributed by atoms with Crippen molar-refractivity contribution >= 4 is 5.91 Å². The van der Waals surface area contributed by atoms with Crippen LogP contribution < -0.4 is 0 Å². The van der Waals surface area contributed by atoms with Gasteiger partial charge in [0.2, 0.25) is 0 Å². The number of phenols is 1. The molecular formula is C21H20FN3O3. The summed E-state index contributed by atoms with van der Waals surface area (Å²) in [6.07, 6.45) is 0.638. The third-order valence-corrected chi connectivity index (χ3v) is 4.95. The molecule has 7 heteroatoms. The first kappa shape index (κ1) is 18.2. The van der Waals surface area contributed by atoms with Crippen molar-refractivity contribution in [1.82, 2.24) is 15.1 Å². The maximum Gasteiger partial charge on any atom is 0.273 e. The molecule has 2 aromatic carbocycles. The van der Waals surface area contributed by atoms with Crippen LogP contribution in [0.15, 0.2) is 48.5 Å². The number of carbonyl (C=O) groups excluding carboxylic acids is 1. The number of aromatic amines is 1. The fourth-order valence-electron chi connectivity index (χ4n) is 3.67. The predicted octanol–water partition coefficient (Wildman–Crippen LogP) is 3.50. The topological polar surface area (TPSA) is 78.5 Å². The Morgan fingerprint density at radius 1 is 1.21 bits per heavy atom. The average molecular weight is 381 g/mol. The van der Waals surface area contributed by atoms with Crippen LogP contribution in [-0.4, -0.2) is 46.4 Å². The number of halogens is 1. The minimum absolute atomic E-state index is 0.138. The number of nitrogens with zero attached hydrogens (tertiary/aromatic N) is 2. The van der Waals surface area contributed by atoms with Crippen molar-refractivity contribution < 1.29 is 19.0 Å². The van der Waals surface area contributed by atoms with Crippen molar-refractivity contribution in [3.05, 3.63) is 71.2 Å². The zero-order valence-corrected chi connectivity index (χ0v) is 15.4. The van der Waals surface area contributed by atoms with E-state index in [9.17, 15) is 14.3 Å². The summed E-state index contributed by atoms with van der Waals surface area (Å²) in [6.45, 7) is 0.938. The number of rotatable bonds is 6. The van der Waals surface area contributed by atoms with Gasteiger partial charge >= 0.3 is 0 Å². The molecule has 3 aromatic rings. The highest BCUT2D eigenvalue weighted by Crippen LogP contribution is 2.43. The minimum Gasteiger partial charge on any atom is -0.508 e. The van der Waals surface area contributed by atoms with Gasteiger partial charge in [0, 0.05) is 37.0 Å². The number of hydrogen-bond acceptors (Lipinski definition) is 4. The average Bonchev–Trinajstić information content (AvgIpc) is 3.23. The van der Waals surface area contributed by atoms with Crippen molar-refractivity contribution in [1.29, 1.82) is 0 Å². The van der Waals surface area contributed by atoms with Crippen LogP contribution in [0.4, 0.5) is 4.39 Å². The summed E-state index contributed by atoms with van der Waals surface area (Å²) in [5.41, 5.74) is 2.76. The number of methoxy groups -OCH3 is 1. The lowest BCUT2D eigenvalue weighted by molar-refractivity contribution is 0.0721. The third-order valence-electron chi connectivity index (χ3n) is 4.95. The molecule has 1 aliphatic rings. The second-order valence-electron chi connectivity index (χ2n) is 6.68. The second-order valence-corrected chi connectivity index (χ2v) is 6.68. The molecule has 6 nitrogen and oxygen atoms in total. The first-order chi connectivity index (χ1) is 13.6. The Labute approximate surface area is 161 Å². The van der Waals surface area contributed by atoms with Gasteiger partial charge in [-0.1, -0.05) is 18.2 Å². The number of benzene rings is 2. The number of phenolic OH excluding ortho intramolecular Hbond substituents is 1. The highest BCUT2D eigenvalue weighted by molar-refractivity contribution is 6.00. The number of amides is 1. The van der Waals surface area contributed by atoms with Crippen molar-refractivity contribution in [2.75, 3.05) is 20.3 Å². The molecule has 0 saturated heterocycles. The summed E-state index contributed by atoms with van der Waals surface area (Å²) in [5.74, 6) is -0.446. The molecule has 2 N–H and O–H groups in total. The lowest BCUT2D eigenvalue weighted by atomic mass is 9.95.